The van der Waals surface area contributed by atoms with Crippen molar-refractivity contribution in [2.24, 2.45) is 0 Å². The van der Waals surface area contributed by atoms with E-state index in [4.69, 9.17) is 0 Å². The monoisotopic (exact) mass is 245 g/mol. The van der Waals surface area contributed by atoms with Gasteiger partial charge in [0.1, 0.15) is 0 Å². The number of aliphatic hydroxyl groups is 1. The molecule has 104 valence electrons. The molecule has 4 nitrogen and oxygen atoms in total. The van der Waals surface area contributed by atoms with Gasteiger partial charge in [0.25, 0.3) is 0 Å². The second-order valence-electron chi connectivity index (χ2n) is 4.94. The van der Waals surface area contributed by atoms with Gasteiger partial charge in [-0.15, -0.1) is 0 Å². The molecule has 1 atom stereocenters. The van der Waals surface area contributed by atoms with Gasteiger partial charge in [-0.1, -0.05) is 13.8 Å². The summed E-state index contributed by atoms with van der Waals surface area (Å²) in [6.45, 7) is 9.77. The van der Waals surface area contributed by atoms with Crippen molar-refractivity contribution in [3.05, 3.63) is 0 Å². The van der Waals surface area contributed by atoms with Crippen LogP contribution < -0.4 is 5.32 Å². The van der Waals surface area contributed by atoms with Gasteiger partial charge >= 0.3 is 0 Å². The lowest BCUT2D eigenvalue weighted by molar-refractivity contribution is 0.172. The third kappa shape index (κ3) is 9.53. The fourth-order valence-corrected chi connectivity index (χ4v) is 1.80. The first-order chi connectivity index (χ1) is 8.13. The van der Waals surface area contributed by atoms with Gasteiger partial charge in [-0.3, -0.25) is 0 Å². The molecule has 0 aromatic heterocycles. The van der Waals surface area contributed by atoms with E-state index in [2.05, 4.69) is 43.1 Å². The van der Waals surface area contributed by atoms with Gasteiger partial charge in [-0.25, -0.2) is 0 Å². The summed E-state index contributed by atoms with van der Waals surface area (Å²) in [5.74, 6) is 0. The normalized spacial score (nSPS) is 13.6. The fourth-order valence-electron chi connectivity index (χ4n) is 1.80. The summed E-state index contributed by atoms with van der Waals surface area (Å²) in [6, 6.07) is 0.212. The lowest BCUT2D eigenvalue weighted by Crippen LogP contribution is -2.45. The zero-order valence-corrected chi connectivity index (χ0v) is 12.1. The molecule has 0 fully saturated rings. The van der Waals surface area contributed by atoms with E-state index in [9.17, 15) is 5.11 Å². The molecule has 0 aromatic carbocycles. The minimum absolute atomic E-state index is 0.212. The Morgan fingerprint density at radius 1 is 1.06 bits per heavy atom. The van der Waals surface area contributed by atoms with Crippen LogP contribution in [0, 0.1) is 0 Å². The van der Waals surface area contributed by atoms with Crippen molar-refractivity contribution in [1.82, 2.24) is 15.1 Å². The van der Waals surface area contributed by atoms with Gasteiger partial charge < -0.3 is 20.2 Å². The van der Waals surface area contributed by atoms with E-state index in [1.807, 2.05) is 0 Å². The van der Waals surface area contributed by atoms with E-state index in [0.717, 1.165) is 39.1 Å². The number of hydrogen-bond donors (Lipinski definition) is 2. The van der Waals surface area contributed by atoms with E-state index >= 15 is 0 Å². The van der Waals surface area contributed by atoms with Gasteiger partial charge in [0.2, 0.25) is 0 Å². The molecule has 4 heteroatoms. The first-order valence-corrected chi connectivity index (χ1v) is 6.85. The SMILES string of the molecule is CCCNC(CO)CN(CCC)CCN(C)C. The minimum Gasteiger partial charge on any atom is -0.395 e. The number of nitrogens with one attached hydrogen (secondary N) is 1. The van der Waals surface area contributed by atoms with Gasteiger partial charge in [-0.2, -0.15) is 0 Å². The molecule has 0 amide bonds. The third-order valence-corrected chi connectivity index (χ3v) is 2.79. The van der Waals surface area contributed by atoms with Crippen LogP contribution in [0.25, 0.3) is 0 Å². The van der Waals surface area contributed by atoms with Crippen molar-refractivity contribution < 1.29 is 5.11 Å². The van der Waals surface area contributed by atoms with Crippen LogP contribution in [0.5, 0.6) is 0 Å². The highest BCUT2D eigenvalue weighted by atomic mass is 16.3. The number of likely N-dealkylation sites (N-methyl/N-ethyl adjacent to an activating group) is 1. The molecule has 0 saturated carbocycles. The second-order valence-corrected chi connectivity index (χ2v) is 4.94. The van der Waals surface area contributed by atoms with Gasteiger partial charge in [0.15, 0.2) is 0 Å². The summed E-state index contributed by atoms with van der Waals surface area (Å²) >= 11 is 0. The lowest BCUT2D eigenvalue weighted by atomic mass is 10.2. The molecule has 2 N–H and O–H groups in total. The largest absolute Gasteiger partial charge is 0.395 e. The minimum atomic E-state index is 0.212. The Balaban J connectivity index is 4.00. The number of nitrogens with zero attached hydrogens (tertiary/aromatic N) is 2. The van der Waals surface area contributed by atoms with E-state index < -0.39 is 0 Å². The summed E-state index contributed by atoms with van der Waals surface area (Å²) in [6.07, 6.45) is 2.28. The van der Waals surface area contributed by atoms with E-state index in [-0.39, 0.29) is 12.6 Å². The molecule has 0 aliphatic carbocycles. The maximum Gasteiger partial charge on any atom is 0.0597 e. The molecule has 17 heavy (non-hydrogen) atoms. The number of hydrogen-bond acceptors (Lipinski definition) is 4. The average Bonchev–Trinajstić information content (AvgIpc) is 2.31. The summed E-state index contributed by atoms with van der Waals surface area (Å²) in [4.78, 5) is 4.64. The van der Waals surface area contributed by atoms with E-state index in [1.165, 1.54) is 6.42 Å². The summed E-state index contributed by atoms with van der Waals surface area (Å²) < 4.78 is 0. The van der Waals surface area contributed by atoms with Crippen LogP contribution >= 0.6 is 0 Å². The molecule has 0 bridgehead atoms. The number of rotatable bonds is 11. The zero-order valence-electron chi connectivity index (χ0n) is 12.1. The van der Waals surface area contributed by atoms with Crippen LogP contribution in [-0.4, -0.2) is 74.4 Å². The van der Waals surface area contributed by atoms with Crippen LogP contribution in [-0.2, 0) is 0 Å². The van der Waals surface area contributed by atoms with Crippen molar-refractivity contribution in [3.8, 4) is 0 Å². The quantitative estimate of drug-likeness (QED) is 0.560. The van der Waals surface area contributed by atoms with Crippen molar-refractivity contribution in [1.29, 1.82) is 0 Å². The molecular weight excluding hydrogens is 214 g/mol. The van der Waals surface area contributed by atoms with E-state index in [0.29, 0.717) is 0 Å². The number of aliphatic hydroxyl groups excluding tert-OH is 1. The molecule has 0 saturated heterocycles. The van der Waals surface area contributed by atoms with Crippen molar-refractivity contribution >= 4 is 0 Å². The second kappa shape index (κ2) is 11.0. The Hall–Kier alpha value is -0.160. The molecule has 0 rings (SSSR count). The maximum absolute atomic E-state index is 9.35. The molecule has 0 heterocycles. The summed E-state index contributed by atoms with van der Waals surface area (Å²) in [7, 11) is 4.20. The first kappa shape index (κ1) is 16.8. The highest BCUT2D eigenvalue weighted by molar-refractivity contribution is 4.71. The standard InChI is InChI=1S/C13H31N3O/c1-5-7-14-13(12-17)11-16(8-6-2)10-9-15(3)4/h13-14,17H,5-12H2,1-4H3. The Morgan fingerprint density at radius 2 is 1.76 bits per heavy atom. The Kier molecular flexibility index (Phi) is 10.9. The fraction of sp³-hybridized carbons (Fsp3) is 1.00. The highest BCUT2D eigenvalue weighted by Gasteiger charge is 2.12. The van der Waals surface area contributed by atoms with Crippen LogP contribution in [0.3, 0.4) is 0 Å². The van der Waals surface area contributed by atoms with Gasteiger partial charge in [0, 0.05) is 25.7 Å². The van der Waals surface area contributed by atoms with Crippen molar-refractivity contribution in [2.45, 2.75) is 32.7 Å². The van der Waals surface area contributed by atoms with Crippen molar-refractivity contribution in [3.63, 3.8) is 0 Å². The molecule has 1 unspecified atom stereocenters. The molecule has 0 aliphatic rings. The predicted molar refractivity (Wildman–Crippen MR) is 74.5 cm³/mol. The molecule has 0 aromatic rings. The molecule has 0 spiro atoms. The average molecular weight is 245 g/mol. The topological polar surface area (TPSA) is 38.7 Å². The molecular formula is C13H31N3O. The zero-order chi connectivity index (χ0) is 13.1. The molecule has 0 radical (unpaired) electrons. The third-order valence-electron chi connectivity index (χ3n) is 2.79. The van der Waals surface area contributed by atoms with Crippen LogP contribution in [0.15, 0.2) is 0 Å². The Bertz CT molecular complexity index is 165. The Morgan fingerprint density at radius 3 is 2.24 bits per heavy atom. The van der Waals surface area contributed by atoms with Crippen LogP contribution in [0.2, 0.25) is 0 Å². The molecule has 0 aliphatic heterocycles. The highest BCUT2D eigenvalue weighted by Crippen LogP contribution is 1.96. The predicted octanol–water partition coefficient (Wildman–Crippen LogP) is 0.621. The lowest BCUT2D eigenvalue weighted by Gasteiger charge is -2.28. The Labute approximate surface area is 107 Å². The van der Waals surface area contributed by atoms with Crippen LogP contribution in [0.4, 0.5) is 0 Å². The van der Waals surface area contributed by atoms with Crippen LogP contribution in [0.1, 0.15) is 26.7 Å². The first-order valence-electron chi connectivity index (χ1n) is 6.85. The smallest absolute Gasteiger partial charge is 0.0597 e. The van der Waals surface area contributed by atoms with Gasteiger partial charge in [-0.05, 0) is 40.0 Å². The van der Waals surface area contributed by atoms with Crippen molar-refractivity contribution in [2.75, 3.05) is 53.4 Å². The van der Waals surface area contributed by atoms with Gasteiger partial charge in [0.05, 0.1) is 6.61 Å². The summed E-state index contributed by atoms with van der Waals surface area (Å²) in [5.41, 5.74) is 0. The maximum atomic E-state index is 9.35. The van der Waals surface area contributed by atoms with E-state index in [1.54, 1.807) is 0 Å². The summed E-state index contributed by atoms with van der Waals surface area (Å²) in [5, 5.41) is 12.7.